The fourth-order valence-electron chi connectivity index (χ4n) is 5.20. The summed E-state index contributed by atoms with van der Waals surface area (Å²) in [6, 6.07) is 7.35. The Morgan fingerprint density at radius 3 is 2.66 bits per heavy atom. The molecule has 3 aliphatic heterocycles. The Morgan fingerprint density at radius 1 is 1.16 bits per heavy atom. The lowest BCUT2D eigenvalue weighted by atomic mass is 9.82. The first-order valence-corrected chi connectivity index (χ1v) is 13.6. The largest absolute Gasteiger partial charge is 0.483 e. The van der Waals surface area contributed by atoms with Gasteiger partial charge in [-0.05, 0) is 69.4 Å². The molecule has 1 saturated heterocycles. The highest BCUT2D eigenvalue weighted by molar-refractivity contribution is 7.90. The van der Waals surface area contributed by atoms with Crippen molar-refractivity contribution in [2.24, 2.45) is 0 Å². The highest BCUT2D eigenvalue weighted by Crippen LogP contribution is 2.39. The number of rotatable bonds is 4. The number of nitrogens with one attached hydrogen (secondary N) is 1. The molecular formula is C24H36N2O5S. The molecule has 1 saturated carbocycles. The van der Waals surface area contributed by atoms with Crippen molar-refractivity contribution >= 4 is 15.9 Å². The molecular weight excluding hydrogens is 428 g/mol. The third-order valence-electron chi connectivity index (χ3n) is 7.41. The van der Waals surface area contributed by atoms with Crippen LogP contribution in [0.15, 0.2) is 24.3 Å². The van der Waals surface area contributed by atoms with E-state index in [-0.39, 0.29) is 30.7 Å². The zero-order valence-electron chi connectivity index (χ0n) is 19.2. The lowest BCUT2D eigenvalue weighted by Crippen LogP contribution is -2.60. The van der Waals surface area contributed by atoms with Crippen molar-refractivity contribution in [2.45, 2.75) is 88.1 Å². The zero-order chi connectivity index (χ0) is 22.7. The van der Waals surface area contributed by atoms with Crippen LogP contribution in [0.5, 0.6) is 5.75 Å². The van der Waals surface area contributed by atoms with E-state index in [0.717, 1.165) is 37.9 Å². The molecule has 3 heterocycles. The van der Waals surface area contributed by atoms with Crippen molar-refractivity contribution in [1.82, 2.24) is 9.62 Å². The van der Waals surface area contributed by atoms with Crippen molar-refractivity contribution in [1.29, 1.82) is 0 Å². The van der Waals surface area contributed by atoms with Crippen molar-refractivity contribution in [2.75, 3.05) is 19.8 Å². The van der Waals surface area contributed by atoms with Crippen LogP contribution in [0.2, 0.25) is 0 Å². The van der Waals surface area contributed by atoms with Crippen molar-refractivity contribution in [3.63, 3.8) is 0 Å². The van der Waals surface area contributed by atoms with E-state index in [1.54, 1.807) is 11.8 Å². The molecule has 2 fully saturated rings. The van der Waals surface area contributed by atoms with E-state index in [4.69, 9.17) is 9.47 Å². The van der Waals surface area contributed by atoms with Crippen LogP contribution in [-0.2, 0) is 19.6 Å². The Kier molecular flexibility index (Phi) is 7.42. The molecule has 1 aromatic carbocycles. The Balaban J connectivity index is 1.59. The fraction of sp³-hybridized carbons (Fsp3) is 0.708. The number of amides is 1. The number of fused-ring (bicyclic) bond motifs is 5. The predicted molar refractivity (Wildman–Crippen MR) is 123 cm³/mol. The van der Waals surface area contributed by atoms with Crippen LogP contribution in [0.25, 0.3) is 0 Å². The Morgan fingerprint density at radius 2 is 1.91 bits per heavy atom. The summed E-state index contributed by atoms with van der Waals surface area (Å²) in [6.45, 7) is 4.48. The van der Waals surface area contributed by atoms with Crippen LogP contribution in [0.1, 0.15) is 70.3 Å². The first-order valence-electron chi connectivity index (χ1n) is 12.0. The normalized spacial score (nSPS) is 30.2. The molecule has 0 radical (unpaired) electrons. The molecule has 1 N–H and O–H groups in total. The molecule has 3 atom stereocenters. The van der Waals surface area contributed by atoms with Crippen molar-refractivity contribution in [3.8, 4) is 5.75 Å². The summed E-state index contributed by atoms with van der Waals surface area (Å²) >= 11 is 0. The van der Waals surface area contributed by atoms with E-state index in [2.05, 4.69) is 10.8 Å². The second kappa shape index (κ2) is 10.1. The number of benzene rings is 1. The van der Waals surface area contributed by atoms with Gasteiger partial charge in [-0.25, -0.2) is 13.1 Å². The van der Waals surface area contributed by atoms with Gasteiger partial charge in [-0.2, -0.15) is 0 Å². The maximum atomic E-state index is 13.2. The average Bonchev–Trinajstić information content (AvgIpc) is 2.82. The standard InChI is InChI=1S/C24H36N2O5S/c1-3-17(2)32(28,29)25-21-8-6-14-26-22(21)15-30-19-12-10-18(11-13-19)20-7-4-5-9-23(20)31-16-24(26)27/h4-5,7,9,17-19,21-22,25H,3,6,8,10-16H2,1-2H3/t17-,18-,19+,21-,22-/m0/s1. The zero-order valence-corrected chi connectivity index (χ0v) is 20.0. The number of hydrogen-bond donors (Lipinski definition) is 1. The number of ether oxygens (including phenoxy) is 2. The quantitative estimate of drug-likeness (QED) is 0.740. The van der Waals surface area contributed by atoms with Crippen LogP contribution in [0, 0.1) is 0 Å². The minimum Gasteiger partial charge on any atom is -0.483 e. The lowest BCUT2D eigenvalue weighted by molar-refractivity contribution is -0.140. The molecule has 8 heteroatoms. The Hall–Kier alpha value is -1.64. The fourth-order valence-corrected chi connectivity index (χ4v) is 6.57. The molecule has 1 amide bonds. The van der Waals surface area contributed by atoms with Crippen molar-refractivity contribution in [3.05, 3.63) is 29.8 Å². The number of carbonyl (C=O) groups is 1. The van der Waals surface area contributed by atoms with Crippen LogP contribution < -0.4 is 9.46 Å². The lowest BCUT2D eigenvalue weighted by Gasteiger charge is -2.42. The van der Waals surface area contributed by atoms with E-state index >= 15 is 0 Å². The first kappa shape index (κ1) is 23.5. The van der Waals surface area contributed by atoms with Gasteiger partial charge in [-0.1, -0.05) is 25.1 Å². The molecule has 5 rings (SSSR count). The third-order valence-corrected chi connectivity index (χ3v) is 9.43. The van der Waals surface area contributed by atoms with Crippen LogP contribution in [0.3, 0.4) is 0 Å². The van der Waals surface area contributed by atoms with Gasteiger partial charge in [-0.3, -0.25) is 4.79 Å². The second-order valence-electron chi connectivity index (χ2n) is 9.42. The molecule has 2 bridgehead atoms. The van der Waals surface area contributed by atoms with Crippen LogP contribution >= 0.6 is 0 Å². The minimum absolute atomic E-state index is 0.0471. The second-order valence-corrected chi connectivity index (χ2v) is 11.5. The molecule has 0 aromatic heterocycles. The molecule has 178 valence electrons. The maximum absolute atomic E-state index is 13.2. The Labute approximate surface area is 191 Å². The number of para-hydroxylation sites is 1. The average molecular weight is 465 g/mol. The number of nitrogens with zero attached hydrogens (tertiary/aromatic N) is 1. The Bertz CT molecular complexity index is 897. The summed E-state index contributed by atoms with van der Waals surface area (Å²) in [5, 5.41) is -0.473. The van der Waals surface area contributed by atoms with Gasteiger partial charge < -0.3 is 14.4 Å². The number of piperidine rings is 1. The molecule has 7 nitrogen and oxygen atoms in total. The first-order chi connectivity index (χ1) is 15.4. The molecule has 1 aliphatic carbocycles. The van der Waals surface area contributed by atoms with E-state index in [0.29, 0.717) is 31.9 Å². The van der Waals surface area contributed by atoms with E-state index < -0.39 is 15.3 Å². The van der Waals surface area contributed by atoms with Gasteiger partial charge in [0.05, 0.1) is 24.0 Å². The number of hydrogen-bond acceptors (Lipinski definition) is 5. The van der Waals surface area contributed by atoms with Gasteiger partial charge in [-0.15, -0.1) is 0 Å². The van der Waals surface area contributed by atoms with E-state index in [1.807, 2.05) is 25.1 Å². The SMILES string of the molecule is CC[C@H](C)S(=O)(=O)N[C@H]1CCCN2C(=O)COc3ccccc3[C@H]3CC[C@H](CC3)OC[C@@H]12. The summed E-state index contributed by atoms with van der Waals surface area (Å²) in [6.07, 6.45) is 6.11. The van der Waals surface area contributed by atoms with E-state index in [9.17, 15) is 13.2 Å². The summed E-state index contributed by atoms with van der Waals surface area (Å²) in [4.78, 5) is 15.0. The molecule has 0 unspecified atom stereocenters. The predicted octanol–water partition coefficient (Wildman–Crippen LogP) is 3.20. The van der Waals surface area contributed by atoms with Crippen LogP contribution in [0.4, 0.5) is 0 Å². The summed E-state index contributed by atoms with van der Waals surface area (Å²) in [5.74, 6) is 1.08. The van der Waals surface area contributed by atoms with Gasteiger partial charge in [0, 0.05) is 12.6 Å². The number of sulfonamides is 1. The van der Waals surface area contributed by atoms with Gasteiger partial charge >= 0.3 is 0 Å². The molecule has 1 aromatic rings. The van der Waals surface area contributed by atoms with Gasteiger partial charge in [0.2, 0.25) is 10.0 Å². The molecule has 4 aliphatic rings. The third kappa shape index (κ3) is 5.13. The topological polar surface area (TPSA) is 84.9 Å². The summed E-state index contributed by atoms with van der Waals surface area (Å²) in [7, 11) is -3.46. The smallest absolute Gasteiger partial charge is 0.260 e. The monoisotopic (exact) mass is 464 g/mol. The number of carbonyl (C=O) groups excluding carboxylic acids is 1. The summed E-state index contributed by atoms with van der Waals surface area (Å²) < 4.78 is 40.8. The van der Waals surface area contributed by atoms with E-state index in [1.165, 1.54) is 5.56 Å². The highest BCUT2D eigenvalue weighted by atomic mass is 32.2. The van der Waals surface area contributed by atoms with Crippen LogP contribution in [-0.4, -0.2) is 62.4 Å². The highest BCUT2D eigenvalue weighted by Gasteiger charge is 2.39. The minimum atomic E-state index is -3.46. The molecule has 0 spiro atoms. The summed E-state index contributed by atoms with van der Waals surface area (Å²) in [5.41, 5.74) is 1.17. The maximum Gasteiger partial charge on any atom is 0.260 e. The van der Waals surface area contributed by atoms with Gasteiger partial charge in [0.25, 0.3) is 5.91 Å². The molecule has 32 heavy (non-hydrogen) atoms. The van der Waals surface area contributed by atoms with Crippen molar-refractivity contribution < 1.29 is 22.7 Å². The van der Waals surface area contributed by atoms with Gasteiger partial charge in [0.1, 0.15) is 5.75 Å². The van der Waals surface area contributed by atoms with Gasteiger partial charge in [0.15, 0.2) is 6.61 Å².